The molecular weight excluding hydrogens is 443 g/mol. The third-order valence-corrected chi connectivity index (χ3v) is 5.61. The third-order valence-electron chi connectivity index (χ3n) is 4.97. The van der Waals surface area contributed by atoms with Crippen LogP contribution in [-0.2, 0) is 16.1 Å². The van der Waals surface area contributed by atoms with Crippen LogP contribution < -0.4 is 5.73 Å². The zero-order valence-corrected chi connectivity index (χ0v) is 18.2. The molecule has 4 heterocycles. The Labute approximate surface area is 191 Å². The summed E-state index contributed by atoms with van der Waals surface area (Å²) in [6, 6.07) is 14.1. The summed E-state index contributed by atoms with van der Waals surface area (Å²) in [4.78, 5) is 24.8. The van der Waals surface area contributed by atoms with Gasteiger partial charge in [0, 0.05) is 18.0 Å². The fraction of sp³-hybridized carbons (Fsp3) is 0.0870. The number of ether oxygens (including phenoxy) is 1. The Morgan fingerprint density at radius 2 is 1.88 bits per heavy atom. The van der Waals surface area contributed by atoms with E-state index in [0.717, 1.165) is 17.4 Å². The third kappa shape index (κ3) is 4.03. The van der Waals surface area contributed by atoms with Gasteiger partial charge in [-0.1, -0.05) is 12.1 Å². The van der Waals surface area contributed by atoms with Crippen molar-refractivity contribution in [3.8, 4) is 28.5 Å². The number of anilines is 1. The number of hydrogen-bond donors (Lipinski definition) is 1. The van der Waals surface area contributed by atoms with Gasteiger partial charge in [-0.3, -0.25) is 14.3 Å². The van der Waals surface area contributed by atoms with Gasteiger partial charge in [-0.05, 0) is 53.5 Å². The number of nitrogens with zero attached hydrogens (tertiary/aromatic N) is 5. The van der Waals surface area contributed by atoms with Gasteiger partial charge in [0.25, 0.3) is 0 Å². The Morgan fingerprint density at radius 3 is 2.55 bits per heavy atom. The number of pyridine rings is 2. The van der Waals surface area contributed by atoms with Crippen LogP contribution in [0.2, 0.25) is 0 Å². The maximum atomic E-state index is 13.3. The summed E-state index contributed by atoms with van der Waals surface area (Å²) in [5.74, 6) is 0.221. The second-order valence-corrected chi connectivity index (χ2v) is 7.86. The normalized spacial score (nSPS) is 11.1. The monoisotopic (exact) mass is 460 g/mol. The quantitative estimate of drug-likeness (QED) is 0.388. The Morgan fingerprint density at radius 1 is 1.09 bits per heavy atom. The minimum absolute atomic E-state index is 0.188. The molecule has 5 aromatic rings. The van der Waals surface area contributed by atoms with E-state index < -0.39 is 5.82 Å². The minimum atomic E-state index is -0.415. The van der Waals surface area contributed by atoms with E-state index >= 15 is 0 Å². The first kappa shape index (κ1) is 20.7. The van der Waals surface area contributed by atoms with Crippen LogP contribution in [0.1, 0.15) is 12.5 Å². The summed E-state index contributed by atoms with van der Waals surface area (Å²) >= 11 is 1.25. The molecule has 0 unspecified atom stereocenters. The van der Waals surface area contributed by atoms with Crippen molar-refractivity contribution < 1.29 is 13.9 Å². The first-order chi connectivity index (χ1) is 16.0. The molecule has 10 heteroatoms. The molecule has 0 radical (unpaired) electrons. The van der Waals surface area contributed by atoms with Crippen LogP contribution in [0.3, 0.4) is 0 Å². The molecule has 0 saturated carbocycles. The van der Waals surface area contributed by atoms with Crippen molar-refractivity contribution in [1.29, 1.82) is 0 Å². The average molecular weight is 460 g/mol. The summed E-state index contributed by atoms with van der Waals surface area (Å²) in [6.45, 7) is 1.56. The minimum Gasteiger partial charge on any atom is -0.461 e. The van der Waals surface area contributed by atoms with E-state index in [2.05, 4.69) is 9.36 Å². The van der Waals surface area contributed by atoms with Crippen LogP contribution >= 0.6 is 11.5 Å². The number of hydrogen-bond acceptors (Lipinski definition) is 8. The van der Waals surface area contributed by atoms with Gasteiger partial charge in [-0.15, -0.1) is 0 Å². The molecule has 33 heavy (non-hydrogen) atoms. The molecule has 0 amide bonds. The predicted molar refractivity (Wildman–Crippen MR) is 123 cm³/mol. The lowest BCUT2D eigenvalue weighted by molar-refractivity contribution is -0.142. The highest BCUT2D eigenvalue weighted by molar-refractivity contribution is 7.04. The number of nitrogens with two attached hydrogens (primary N) is 1. The van der Waals surface area contributed by atoms with E-state index in [4.69, 9.17) is 20.4 Å². The summed E-state index contributed by atoms with van der Waals surface area (Å²) in [6.07, 6.45) is 1.16. The molecule has 164 valence electrons. The Kier molecular flexibility index (Phi) is 5.27. The van der Waals surface area contributed by atoms with E-state index in [1.807, 2.05) is 40.3 Å². The summed E-state index contributed by atoms with van der Waals surface area (Å²) in [5, 5.41) is 1.84. The molecule has 0 fully saturated rings. The fourth-order valence-corrected chi connectivity index (χ4v) is 3.99. The number of imidazole rings is 1. The molecule has 0 saturated heterocycles. The van der Waals surface area contributed by atoms with Gasteiger partial charge in [-0.2, -0.15) is 4.37 Å². The van der Waals surface area contributed by atoms with Crippen LogP contribution in [0.5, 0.6) is 0 Å². The van der Waals surface area contributed by atoms with Crippen LogP contribution in [0.15, 0.2) is 60.1 Å². The second kappa shape index (κ2) is 8.40. The largest absolute Gasteiger partial charge is 0.461 e. The van der Waals surface area contributed by atoms with Gasteiger partial charge in [-0.25, -0.2) is 14.4 Å². The van der Waals surface area contributed by atoms with E-state index in [1.165, 1.54) is 24.5 Å². The molecule has 0 bridgehead atoms. The van der Waals surface area contributed by atoms with Crippen molar-refractivity contribution in [2.75, 3.05) is 5.73 Å². The predicted octanol–water partition coefficient (Wildman–Crippen LogP) is 4.39. The lowest BCUT2D eigenvalue weighted by Crippen LogP contribution is -2.02. The van der Waals surface area contributed by atoms with E-state index in [-0.39, 0.29) is 12.6 Å². The highest BCUT2D eigenvalue weighted by atomic mass is 32.1. The lowest BCUT2D eigenvalue weighted by Gasteiger charge is -2.10. The Hall–Kier alpha value is -4.18. The first-order valence-electron chi connectivity index (χ1n) is 9.94. The van der Waals surface area contributed by atoms with E-state index in [0.29, 0.717) is 39.8 Å². The van der Waals surface area contributed by atoms with Crippen molar-refractivity contribution in [3.05, 3.63) is 71.5 Å². The number of aromatic nitrogens is 5. The SMILES string of the molecule is CC(=O)OCc1ccc(-n2c(-c3csnc3N)nc3ccc(-c4ccc(F)cn4)nc32)cc1. The van der Waals surface area contributed by atoms with Crippen molar-refractivity contribution in [1.82, 2.24) is 23.9 Å². The molecule has 0 aliphatic carbocycles. The number of esters is 1. The summed E-state index contributed by atoms with van der Waals surface area (Å²) < 4.78 is 24.5. The van der Waals surface area contributed by atoms with Gasteiger partial charge in [0.2, 0.25) is 0 Å². The summed E-state index contributed by atoms with van der Waals surface area (Å²) in [7, 11) is 0. The van der Waals surface area contributed by atoms with E-state index in [1.54, 1.807) is 12.1 Å². The lowest BCUT2D eigenvalue weighted by atomic mass is 10.2. The zero-order chi connectivity index (χ0) is 22.9. The van der Waals surface area contributed by atoms with Gasteiger partial charge in [0.05, 0.1) is 23.1 Å². The highest BCUT2D eigenvalue weighted by Gasteiger charge is 2.19. The maximum absolute atomic E-state index is 13.3. The molecule has 4 aromatic heterocycles. The number of nitrogen functional groups attached to an aromatic ring is 1. The number of benzene rings is 1. The topological polar surface area (TPSA) is 109 Å². The number of rotatable bonds is 5. The van der Waals surface area contributed by atoms with Gasteiger partial charge < -0.3 is 10.5 Å². The van der Waals surface area contributed by atoms with Crippen molar-refractivity contribution in [2.45, 2.75) is 13.5 Å². The van der Waals surface area contributed by atoms with Gasteiger partial charge in [0.15, 0.2) is 11.5 Å². The number of carbonyl (C=O) groups is 1. The summed E-state index contributed by atoms with van der Waals surface area (Å²) in [5.41, 5.74) is 10.8. The van der Waals surface area contributed by atoms with E-state index in [9.17, 15) is 9.18 Å². The van der Waals surface area contributed by atoms with Gasteiger partial charge >= 0.3 is 5.97 Å². The van der Waals surface area contributed by atoms with Crippen molar-refractivity contribution >= 4 is 34.5 Å². The molecule has 0 aliphatic heterocycles. The molecule has 2 N–H and O–H groups in total. The Bertz CT molecular complexity index is 1460. The second-order valence-electron chi connectivity index (χ2n) is 7.23. The number of carbonyl (C=O) groups excluding carboxylic acids is 1. The Balaban J connectivity index is 1.67. The van der Waals surface area contributed by atoms with Crippen LogP contribution in [0.4, 0.5) is 10.2 Å². The average Bonchev–Trinajstić information content (AvgIpc) is 3.41. The van der Waals surface area contributed by atoms with Gasteiger partial charge in [0.1, 0.15) is 23.8 Å². The molecular formula is C23H17FN6O2S. The molecule has 1 aromatic carbocycles. The highest BCUT2D eigenvalue weighted by Crippen LogP contribution is 2.32. The number of halogens is 1. The maximum Gasteiger partial charge on any atom is 0.302 e. The zero-order valence-electron chi connectivity index (χ0n) is 17.4. The fourth-order valence-electron chi connectivity index (χ4n) is 3.39. The van der Waals surface area contributed by atoms with Crippen LogP contribution in [-0.4, -0.2) is 29.9 Å². The molecule has 5 rings (SSSR count). The molecule has 0 aliphatic rings. The number of fused-ring (bicyclic) bond motifs is 1. The van der Waals surface area contributed by atoms with Crippen LogP contribution in [0.25, 0.3) is 39.6 Å². The molecule has 0 spiro atoms. The van der Waals surface area contributed by atoms with Crippen molar-refractivity contribution in [3.63, 3.8) is 0 Å². The molecule has 0 atom stereocenters. The first-order valence-corrected chi connectivity index (χ1v) is 10.8. The molecule has 8 nitrogen and oxygen atoms in total. The van der Waals surface area contributed by atoms with Crippen molar-refractivity contribution in [2.24, 2.45) is 0 Å². The van der Waals surface area contributed by atoms with Crippen LogP contribution in [0, 0.1) is 5.82 Å². The standard InChI is InChI=1S/C23H17FN6O2S/c1-13(31)32-11-14-2-5-16(6-3-14)30-22(17-12-33-29-21(17)25)28-20-9-8-19(27-23(20)30)18-7-4-15(24)10-26-18/h2-10,12H,11H2,1H3,(H2,25,29). The smallest absolute Gasteiger partial charge is 0.302 e.